The highest BCUT2D eigenvalue weighted by molar-refractivity contribution is 5.54. The van der Waals surface area contributed by atoms with E-state index in [0.29, 0.717) is 11.8 Å². The standard InChI is InChI=1S/C25H28O2/c1-16(2)19-10-12-23(26)21(14-19)25(18-8-6-5-7-9-18)22-15-20(17(3)4)11-13-24(22)27/h5-17,25-27H,1-4H3. The van der Waals surface area contributed by atoms with Crippen LogP contribution < -0.4 is 0 Å². The van der Waals surface area contributed by atoms with Gasteiger partial charge in [-0.05, 0) is 40.7 Å². The fourth-order valence-electron chi connectivity index (χ4n) is 3.50. The highest BCUT2D eigenvalue weighted by atomic mass is 16.3. The minimum absolute atomic E-state index is 0.233. The fraction of sp³-hybridized carbons (Fsp3) is 0.280. The zero-order valence-electron chi connectivity index (χ0n) is 16.5. The molecule has 0 saturated heterocycles. The number of hydrogen-bond donors (Lipinski definition) is 2. The van der Waals surface area contributed by atoms with Gasteiger partial charge >= 0.3 is 0 Å². The second-order valence-corrected chi connectivity index (χ2v) is 7.79. The van der Waals surface area contributed by atoms with Crippen molar-refractivity contribution in [2.24, 2.45) is 0 Å². The maximum Gasteiger partial charge on any atom is 0.119 e. The van der Waals surface area contributed by atoms with E-state index in [9.17, 15) is 10.2 Å². The summed E-state index contributed by atoms with van der Waals surface area (Å²) in [6.07, 6.45) is 0. The van der Waals surface area contributed by atoms with Crippen LogP contribution in [0.5, 0.6) is 11.5 Å². The zero-order valence-corrected chi connectivity index (χ0v) is 16.5. The number of benzene rings is 3. The minimum Gasteiger partial charge on any atom is -0.508 e. The van der Waals surface area contributed by atoms with E-state index in [4.69, 9.17) is 0 Å². The van der Waals surface area contributed by atoms with Gasteiger partial charge in [-0.15, -0.1) is 0 Å². The Hall–Kier alpha value is -2.74. The van der Waals surface area contributed by atoms with Gasteiger partial charge in [0.05, 0.1) is 0 Å². The van der Waals surface area contributed by atoms with Crippen molar-refractivity contribution >= 4 is 0 Å². The summed E-state index contributed by atoms with van der Waals surface area (Å²) in [7, 11) is 0. The van der Waals surface area contributed by atoms with Crippen LogP contribution in [0.3, 0.4) is 0 Å². The van der Waals surface area contributed by atoms with Crippen LogP contribution in [0.2, 0.25) is 0 Å². The summed E-state index contributed by atoms with van der Waals surface area (Å²) in [6, 6.07) is 21.7. The largest absolute Gasteiger partial charge is 0.508 e. The molecule has 2 nitrogen and oxygen atoms in total. The van der Waals surface area contributed by atoms with Gasteiger partial charge in [0.25, 0.3) is 0 Å². The number of aromatic hydroxyl groups is 2. The Morgan fingerprint density at radius 2 is 1.00 bits per heavy atom. The monoisotopic (exact) mass is 360 g/mol. The molecule has 0 aliphatic carbocycles. The fourth-order valence-corrected chi connectivity index (χ4v) is 3.50. The molecule has 0 aromatic heterocycles. The molecule has 140 valence electrons. The third kappa shape index (κ3) is 4.00. The van der Waals surface area contributed by atoms with Gasteiger partial charge in [0, 0.05) is 17.0 Å². The van der Waals surface area contributed by atoms with Crippen molar-refractivity contribution in [3.05, 3.63) is 94.5 Å². The van der Waals surface area contributed by atoms with Crippen molar-refractivity contribution in [1.29, 1.82) is 0 Å². The van der Waals surface area contributed by atoms with Crippen LogP contribution in [0, 0.1) is 0 Å². The van der Waals surface area contributed by atoms with Crippen LogP contribution >= 0.6 is 0 Å². The predicted octanol–water partition coefficient (Wildman–Crippen LogP) is 6.52. The van der Waals surface area contributed by atoms with Gasteiger partial charge in [-0.1, -0.05) is 82.3 Å². The van der Waals surface area contributed by atoms with Crippen LogP contribution in [0.15, 0.2) is 66.7 Å². The van der Waals surface area contributed by atoms with Crippen molar-refractivity contribution in [2.45, 2.75) is 45.4 Å². The lowest BCUT2D eigenvalue weighted by molar-refractivity contribution is 0.458. The maximum atomic E-state index is 10.7. The molecular weight excluding hydrogens is 332 g/mol. The van der Waals surface area contributed by atoms with E-state index in [1.165, 1.54) is 11.1 Å². The second kappa shape index (κ2) is 7.87. The Labute approximate surface area is 162 Å². The first-order chi connectivity index (χ1) is 12.9. The Morgan fingerprint density at radius 3 is 1.41 bits per heavy atom. The van der Waals surface area contributed by atoms with E-state index in [2.05, 4.69) is 39.8 Å². The average Bonchev–Trinajstić information content (AvgIpc) is 2.65. The summed E-state index contributed by atoms with van der Waals surface area (Å²) in [5, 5.41) is 21.4. The van der Waals surface area contributed by atoms with Crippen LogP contribution in [0.25, 0.3) is 0 Å². The molecule has 0 saturated carbocycles. The van der Waals surface area contributed by atoms with Crippen LogP contribution in [0.1, 0.15) is 73.3 Å². The Balaban J connectivity index is 2.26. The van der Waals surface area contributed by atoms with E-state index in [1.807, 2.05) is 42.5 Å². The average molecular weight is 360 g/mol. The van der Waals surface area contributed by atoms with Crippen LogP contribution in [-0.4, -0.2) is 10.2 Å². The third-order valence-corrected chi connectivity index (χ3v) is 5.19. The summed E-state index contributed by atoms with van der Waals surface area (Å²) < 4.78 is 0. The quantitative estimate of drug-likeness (QED) is 0.508. The smallest absolute Gasteiger partial charge is 0.119 e. The normalized spacial score (nSPS) is 11.5. The molecule has 0 heterocycles. The van der Waals surface area contributed by atoms with Crippen molar-refractivity contribution in [1.82, 2.24) is 0 Å². The lowest BCUT2D eigenvalue weighted by Gasteiger charge is -2.23. The lowest BCUT2D eigenvalue weighted by Crippen LogP contribution is -2.06. The van der Waals surface area contributed by atoms with Crippen molar-refractivity contribution in [3.8, 4) is 11.5 Å². The lowest BCUT2D eigenvalue weighted by atomic mass is 9.81. The highest BCUT2D eigenvalue weighted by Gasteiger charge is 2.24. The molecule has 0 fully saturated rings. The number of rotatable bonds is 5. The van der Waals surface area contributed by atoms with Gasteiger partial charge in [0.1, 0.15) is 11.5 Å². The molecule has 2 N–H and O–H groups in total. The zero-order chi connectivity index (χ0) is 19.6. The maximum absolute atomic E-state index is 10.7. The van der Waals surface area contributed by atoms with E-state index in [0.717, 1.165) is 16.7 Å². The van der Waals surface area contributed by atoms with Crippen LogP contribution in [0.4, 0.5) is 0 Å². The van der Waals surface area contributed by atoms with Gasteiger partial charge in [-0.3, -0.25) is 0 Å². The summed E-state index contributed by atoms with van der Waals surface area (Å²) in [4.78, 5) is 0. The van der Waals surface area contributed by atoms with Crippen molar-refractivity contribution in [3.63, 3.8) is 0 Å². The molecule has 3 rings (SSSR count). The first-order valence-corrected chi connectivity index (χ1v) is 9.59. The molecule has 2 heteroatoms. The van der Waals surface area contributed by atoms with Gasteiger partial charge < -0.3 is 10.2 Å². The minimum atomic E-state index is -0.233. The van der Waals surface area contributed by atoms with Crippen molar-refractivity contribution < 1.29 is 10.2 Å². The summed E-state index contributed by atoms with van der Waals surface area (Å²) in [5.74, 6) is 0.988. The third-order valence-electron chi connectivity index (χ3n) is 5.19. The van der Waals surface area contributed by atoms with Gasteiger partial charge in [-0.2, -0.15) is 0 Å². The van der Waals surface area contributed by atoms with Crippen LogP contribution in [-0.2, 0) is 0 Å². The molecule has 0 unspecified atom stereocenters. The van der Waals surface area contributed by atoms with E-state index in [1.54, 1.807) is 12.1 Å². The SMILES string of the molecule is CC(C)c1ccc(O)c(C(c2ccccc2)c2cc(C(C)C)ccc2O)c1. The van der Waals surface area contributed by atoms with E-state index >= 15 is 0 Å². The topological polar surface area (TPSA) is 40.5 Å². The first kappa shape index (κ1) is 19.0. The molecule has 0 amide bonds. The Kier molecular flexibility index (Phi) is 5.55. The highest BCUT2D eigenvalue weighted by Crippen LogP contribution is 2.42. The van der Waals surface area contributed by atoms with Gasteiger partial charge in [-0.25, -0.2) is 0 Å². The molecule has 0 bridgehead atoms. The Bertz CT molecular complexity index is 853. The van der Waals surface area contributed by atoms with Gasteiger partial charge in [0.15, 0.2) is 0 Å². The summed E-state index contributed by atoms with van der Waals surface area (Å²) >= 11 is 0. The number of phenols is 2. The molecular formula is C25H28O2. The molecule has 0 atom stereocenters. The molecule has 27 heavy (non-hydrogen) atoms. The first-order valence-electron chi connectivity index (χ1n) is 9.59. The number of hydrogen-bond acceptors (Lipinski definition) is 2. The number of phenolic OH excluding ortho intramolecular Hbond substituents is 2. The van der Waals surface area contributed by atoms with E-state index in [-0.39, 0.29) is 17.4 Å². The Morgan fingerprint density at radius 1 is 0.556 bits per heavy atom. The molecule has 3 aromatic carbocycles. The molecule has 0 aliphatic heterocycles. The van der Waals surface area contributed by atoms with Gasteiger partial charge in [0.2, 0.25) is 0 Å². The molecule has 0 aliphatic rings. The second-order valence-electron chi connectivity index (χ2n) is 7.79. The summed E-state index contributed by atoms with van der Waals surface area (Å²) in [5.41, 5.74) is 5.03. The molecule has 3 aromatic rings. The molecule has 0 spiro atoms. The predicted molar refractivity (Wildman–Crippen MR) is 112 cm³/mol. The summed E-state index contributed by atoms with van der Waals surface area (Å²) in [6.45, 7) is 8.57. The van der Waals surface area contributed by atoms with Crippen molar-refractivity contribution in [2.75, 3.05) is 0 Å². The van der Waals surface area contributed by atoms with E-state index < -0.39 is 0 Å². The molecule has 0 radical (unpaired) electrons.